The van der Waals surface area contributed by atoms with Gasteiger partial charge in [-0.05, 0) is 24.3 Å². The number of hydrogen-bond acceptors (Lipinski definition) is 3. The molecule has 58 valence electrons. The summed E-state index contributed by atoms with van der Waals surface area (Å²) in [5, 5.41) is 0. The molecule has 2 N–H and O–H groups in total. The van der Waals surface area contributed by atoms with Gasteiger partial charge in [-0.2, -0.15) is 0 Å². The van der Waals surface area contributed by atoms with Gasteiger partial charge >= 0.3 is 0 Å². The fraction of sp³-hybridized carbons (Fsp3) is 0.125. The lowest BCUT2D eigenvalue weighted by atomic mass is 10.3. The number of anilines is 1. The van der Waals surface area contributed by atoms with Gasteiger partial charge in [-0.1, -0.05) is 0 Å². The first kappa shape index (κ1) is 8.14. The van der Waals surface area contributed by atoms with Crippen molar-refractivity contribution in [1.29, 1.82) is 0 Å². The van der Waals surface area contributed by atoms with E-state index in [4.69, 9.17) is 5.73 Å². The molecule has 0 unspecified atom stereocenters. The summed E-state index contributed by atoms with van der Waals surface area (Å²) in [4.78, 5) is 11.1. The first-order valence-electron chi connectivity index (χ1n) is 3.25. The van der Waals surface area contributed by atoms with Crippen molar-refractivity contribution in [2.75, 3.05) is 11.5 Å². The molecule has 0 spiro atoms. The lowest BCUT2D eigenvalue weighted by Gasteiger charge is -1.96. The molecule has 0 fully saturated rings. The third-order valence-corrected chi connectivity index (χ3v) is 2.11. The number of benzene rings is 1. The number of nitrogens with two attached hydrogens (primary N) is 1. The normalized spacial score (nSPS) is 9.45. The highest BCUT2D eigenvalue weighted by Gasteiger charge is 1.90. The number of aldehydes is 1. The summed E-state index contributed by atoms with van der Waals surface area (Å²) in [6.45, 7) is 0. The van der Waals surface area contributed by atoms with Crippen LogP contribution >= 0.6 is 11.8 Å². The second-order valence-electron chi connectivity index (χ2n) is 2.05. The second kappa shape index (κ2) is 4.03. The fourth-order valence-corrected chi connectivity index (χ4v) is 1.28. The molecule has 0 aliphatic carbocycles. The predicted octanol–water partition coefficient (Wildman–Crippen LogP) is 1.56. The van der Waals surface area contributed by atoms with Crippen LogP contribution in [0, 0.1) is 0 Å². The van der Waals surface area contributed by atoms with E-state index in [1.54, 1.807) is 0 Å². The zero-order valence-corrected chi connectivity index (χ0v) is 6.80. The Hall–Kier alpha value is -0.960. The molecule has 0 saturated carbocycles. The highest BCUT2D eigenvalue weighted by Crippen LogP contribution is 2.17. The van der Waals surface area contributed by atoms with Crippen LogP contribution in [0.1, 0.15) is 0 Å². The Kier molecular flexibility index (Phi) is 2.98. The zero-order chi connectivity index (χ0) is 8.10. The van der Waals surface area contributed by atoms with Crippen LogP contribution in [0.25, 0.3) is 0 Å². The van der Waals surface area contributed by atoms with E-state index in [9.17, 15) is 4.79 Å². The molecule has 11 heavy (non-hydrogen) atoms. The van der Waals surface area contributed by atoms with E-state index < -0.39 is 0 Å². The summed E-state index contributed by atoms with van der Waals surface area (Å²) in [5.41, 5.74) is 6.23. The number of thioether (sulfide) groups is 1. The minimum Gasteiger partial charge on any atom is -0.399 e. The van der Waals surface area contributed by atoms with E-state index >= 15 is 0 Å². The Labute approximate surface area is 69.8 Å². The smallest absolute Gasteiger partial charge is 0.130 e. The Balaban J connectivity index is 2.58. The summed E-state index contributed by atoms with van der Waals surface area (Å²) >= 11 is 1.51. The molecular formula is C8H9NOS. The fourth-order valence-electron chi connectivity index (χ4n) is 0.694. The number of carbonyl (C=O) groups excluding carboxylic acids is 1. The van der Waals surface area contributed by atoms with Crippen molar-refractivity contribution < 1.29 is 4.79 Å². The van der Waals surface area contributed by atoms with Crippen LogP contribution in [0.15, 0.2) is 29.2 Å². The lowest BCUT2D eigenvalue weighted by Crippen LogP contribution is -1.83. The van der Waals surface area contributed by atoms with Gasteiger partial charge in [0.1, 0.15) is 6.29 Å². The van der Waals surface area contributed by atoms with E-state index in [0.29, 0.717) is 5.75 Å². The third-order valence-electron chi connectivity index (χ3n) is 1.20. The van der Waals surface area contributed by atoms with Crippen LogP contribution in [0.2, 0.25) is 0 Å². The van der Waals surface area contributed by atoms with Crippen molar-refractivity contribution in [2.45, 2.75) is 4.90 Å². The molecule has 1 aromatic rings. The topological polar surface area (TPSA) is 43.1 Å². The van der Waals surface area contributed by atoms with E-state index in [1.807, 2.05) is 24.3 Å². The van der Waals surface area contributed by atoms with E-state index in [2.05, 4.69) is 0 Å². The summed E-state index contributed by atoms with van der Waals surface area (Å²) < 4.78 is 0. The van der Waals surface area contributed by atoms with Crippen LogP contribution in [0.3, 0.4) is 0 Å². The highest BCUT2D eigenvalue weighted by molar-refractivity contribution is 7.99. The van der Waals surface area contributed by atoms with Crippen LogP contribution in [0.4, 0.5) is 5.69 Å². The molecular weight excluding hydrogens is 158 g/mol. The molecule has 0 aromatic heterocycles. The molecule has 1 aromatic carbocycles. The molecule has 2 nitrogen and oxygen atoms in total. The van der Waals surface area contributed by atoms with Crippen LogP contribution < -0.4 is 5.73 Å². The van der Waals surface area contributed by atoms with Crippen molar-refractivity contribution in [3.8, 4) is 0 Å². The van der Waals surface area contributed by atoms with Crippen LogP contribution in [-0.4, -0.2) is 12.0 Å². The molecule has 0 radical (unpaired) electrons. The molecule has 0 bridgehead atoms. The third kappa shape index (κ3) is 2.63. The lowest BCUT2D eigenvalue weighted by molar-refractivity contribution is -0.105. The maximum Gasteiger partial charge on any atom is 0.130 e. The standard InChI is InChI=1S/C8H9NOS/c9-7-1-3-8(4-2-7)11-6-5-10/h1-5H,6,9H2. The van der Waals surface area contributed by atoms with Crippen molar-refractivity contribution in [3.05, 3.63) is 24.3 Å². The molecule has 1 rings (SSSR count). The maximum absolute atomic E-state index is 10.00. The number of hydrogen-bond donors (Lipinski definition) is 1. The minimum atomic E-state index is 0.504. The van der Waals surface area contributed by atoms with E-state index in [-0.39, 0.29) is 0 Å². The number of nitrogen functional groups attached to an aromatic ring is 1. The average molecular weight is 167 g/mol. The largest absolute Gasteiger partial charge is 0.399 e. The van der Waals surface area contributed by atoms with Crippen molar-refractivity contribution in [2.24, 2.45) is 0 Å². The molecule has 0 atom stereocenters. The molecule has 0 amide bonds. The Morgan fingerprint density at radius 1 is 1.36 bits per heavy atom. The van der Waals surface area contributed by atoms with Crippen LogP contribution in [-0.2, 0) is 4.79 Å². The first-order valence-corrected chi connectivity index (χ1v) is 4.23. The van der Waals surface area contributed by atoms with Gasteiger partial charge in [0.25, 0.3) is 0 Å². The molecule has 0 saturated heterocycles. The van der Waals surface area contributed by atoms with Crippen LogP contribution in [0.5, 0.6) is 0 Å². The Bertz CT molecular complexity index is 232. The summed E-state index contributed by atoms with van der Waals surface area (Å²) in [6.07, 6.45) is 0.890. The molecule has 0 aliphatic rings. The van der Waals surface area contributed by atoms with E-state index in [1.165, 1.54) is 11.8 Å². The van der Waals surface area contributed by atoms with Gasteiger partial charge in [0.05, 0.1) is 5.75 Å². The monoisotopic (exact) mass is 167 g/mol. The summed E-state index contributed by atoms with van der Waals surface area (Å²) in [7, 11) is 0. The van der Waals surface area contributed by atoms with Crippen molar-refractivity contribution in [1.82, 2.24) is 0 Å². The Morgan fingerprint density at radius 3 is 2.55 bits per heavy atom. The zero-order valence-electron chi connectivity index (χ0n) is 5.99. The van der Waals surface area contributed by atoms with Gasteiger partial charge in [-0.3, -0.25) is 0 Å². The highest BCUT2D eigenvalue weighted by atomic mass is 32.2. The van der Waals surface area contributed by atoms with E-state index in [0.717, 1.165) is 16.9 Å². The van der Waals surface area contributed by atoms with Crippen molar-refractivity contribution >= 4 is 23.7 Å². The molecule has 0 heterocycles. The van der Waals surface area contributed by atoms with Gasteiger partial charge in [0.15, 0.2) is 0 Å². The second-order valence-corrected chi connectivity index (χ2v) is 3.14. The molecule has 3 heteroatoms. The number of carbonyl (C=O) groups is 1. The van der Waals surface area contributed by atoms with Gasteiger partial charge in [-0.15, -0.1) is 11.8 Å². The SMILES string of the molecule is Nc1ccc(SCC=O)cc1. The summed E-state index contributed by atoms with van der Waals surface area (Å²) in [5.74, 6) is 0.504. The van der Waals surface area contributed by atoms with Gasteiger partial charge in [0.2, 0.25) is 0 Å². The predicted molar refractivity (Wildman–Crippen MR) is 47.6 cm³/mol. The van der Waals surface area contributed by atoms with Gasteiger partial charge in [0, 0.05) is 10.6 Å². The maximum atomic E-state index is 10.00. The quantitative estimate of drug-likeness (QED) is 0.422. The average Bonchev–Trinajstić information content (AvgIpc) is 2.04. The van der Waals surface area contributed by atoms with Gasteiger partial charge in [-0.25, -0.2) is 0 Å². The van der Waals surface area contributed by atoms with Crippen molar-refractivity contribution in [3.63, 3.8) is 0 Å². The number of rotatable bonds is 3. The minimum absolute atomic E-state index is 0.504. The molecule has 0 aliphatic heterocycles. The van der Waals surface area contributed by atoms with Gasteiger partial charge < -0.3 is 10.5 Å². The Morgan fingerprint density at radius 2 is 2.00 bits per heavy atom. The summed E-state index contributed by atoms with van der Waals surface area (Å²) in [6, 6.07) is 7.47. The first-order chi connectivity index (χ1) is 5.33.